The van der Waals surface area contributed by atoms with Crippen molar-refractivity contribution in [2.45, 2.75) is 20.3 Å². The van der Waals surface area contributed by atoms with Crippen molar-refractivity contribution in [2.75, 3.05) is 10.6 Å². The lowest BCUT2D eigenvalue weighted by Crippen LogP contribution is -2.11. The zero-order valence-corrected chi connectivity index (χ0v) is 12.9. The van der Waals surface area contributed by atoms with E-state index in [0.717, 1.165) is 15.7 Å². The van der Waals surface area contributed by atoms with Gasteiger partial charge in [0.2, 0.25) is 5.91 Å². The molecule has 0 aliphatic heterocycles. The van der Waals surface area contributed by atoms with Gasteiger partial charge in [-0.1, -0.05) is 22.9 Å². The Morgan fingerprint density at radius 2 is 1.90 bits per heavy atom. The number of carbonyl (C=O) groups excluding carboxylic acids is 1. The summed E-state index contributed by atoms with van der Waals surface area (Å²) in [5.74, 6) is 0.999. The zero-order valence-electron chi connectivity index (χ0n) is 11.3. The quantitative estimate of drug-likeness (QED) is 0.895. The molecule has 2 N–H and O–H groups in total. The van der Waals surface area contributed by atoms with Crippen LogP contribution in [0.25, 0.3) is 0 Å². The van der Waals surface area contributed by atoms with Crippen LogP contribution in [-0.2, 0) is 4.79 Å². The summed E-state index contributed by atoms with van der Waals surface area (Å²) in [6.45, 7) is 3.80. The normalized spacial score (nSPS) is 10.2. The third kappa shape index (κ3) is 3.77. The van der Waals surface area contributed by atoms with Gasteiger partial charge >= 0.3 is 0 Å². The molecule has 0 radical (unpaired) electrons. The van der Waals surface area contributed by atoms with Gasteiger partial charge < -0.3 is 10.6 Å². The standard InChI is InChI=1S/C14H15BrN4O/c1-3-14(20)17-13-7-6-12(18-19-13)16-10-4-5-11(15)9(2)8-10/h4-8H,3H2,1-2H3,(H,16,18)(H,17,19,20). The zero-order chi connectivity index (χ0) is 14.5. The lowest BCUT2D eigenvalue weighted by molar-refractivity contribution is -0.115. The first-order chi connectivity index (χ1) is 9.58. The highest BCUT2D eigenvalue weighted by molar-refractivity contribution is 9.10. The Morgan fingerprint density at radius 1 is 1.20 bits per heavy atom. The molecule has 0 fully saturated rings. The van der Waals surface area contributed by atoms with Crippen LogP contribution < -0.4 is 10.6 Å². The average molecular weight is 335 g/mol. The number of nitrogens with zero attached hydrogens (tertiary/aromatic N) is 2. The van der Waals surface area contributed by atoms with Gasteiger partial charge in [-0.05, 0) is 42.8 Å². The molecule has 2 rings (SSSR count). The Kier molecular flexibility index (Phi) is 4.68. The van der Waals surface area contributed by atoms with Gasteiger partial charge in [-0.2, -0.15) is 0 Å². The molecule has 104 valence electrons. The molecule has 0 saturated heterocycles. The Hall–Kier alpha value is -1.95. The third-order valence-electron chi connectivity index (χ3n) is 2.68. The van der Waals surface area contributed by atoms with Gasteiger partial charge in [-0.25, -0.2) is 0 Å². The summed E-state index contributed by atoms with van der Waals surface area (Å²) in [5, 5.41) is 13.8. The van der Waals surface area contributed by atoms with Crippen LogP contribution in [0.1, 0.15) is 18.9 Å². The Morgan fingerprint density at radius 3 is 2.50 bits per heavy atom. The molecule has 0 spiro atoms. The predicted octanol–water partition coefficient (Wildman–Crippen LogP) is 3.64. The van der Waals surface area contributed by atoms with E-state index >= 15 is 0 Å². The molecule has 1 heterocycles. The molecule has 0 saturated carbocycles. The molecule has 0 aliphatic carbocycles. The topological polar surface area (TPSA) is 66.9 Å². The van der Waals surface area contributed by atoms with Crippen LogP contribution in [0.3, 0.4) is 0 Å². The van der Waals surface area contributed by atoms with Crippen molar-refractivity contribution in [1.29, 1.82) is 0 Å². The SMILES string of the molecule is CCC(=O)Nc1ccc(Nc2ccc(Br)c(C)c2)nn1. The number of rotatable bonds is 4. The van der Waals surface area contributed by atoms with Crippen molar-refractivity contribution < 1.29 is 4.79 Å². The van der Waals surface area contributed by atoms with E-state index in [0.29, 0.717) is 18.1 Å². The van der Waals surface area contributed by atoms with Crippen molar-refractivity contribution in [3.05, 3.63) is 40.4 Å². The van der Waals surface area contributed by atoms with E-state index in [1.165, 1.54) is 0 Å². The monoisotopic (exact) mass is 334 g/mol. The van der Waals surface area contributed by atoms with Crippen LogP contribution >= 0.6 is 15.9 Å². The lowest BCUT2D eigenvalue weighted by Gasteiger charge is -2.07. The Labute approximate surface area is 125 Å². The van der Waals surface area contributed by atoms with Gasteiger partial charge in [-0.15, -0.1) is 10.2 Å². The van der Waals surface area contributed by atoms with Crippen LogP contribution in [0.15, 0.2) is 34.8 Å². The van der Waals surface area contributed by atoms with E-state index in [1.807, 2.05) is 25.1 Å². The highest BCUT2D eigenvalue weighted by Gasteiger charge is 2.03. The summed E-state index contributed by atoms with van der Waals surface area (Å²) >= 11 is 3.46. The van der Waals surface area contributed by atoms with Crippen molar-refractivity contribution in [3.8, 4) is 0 Å². The van der Waals surface area contributed by atoms with Crippen LogP contribution in [-0.4, -0.2) is 16.1 Å². The first-order valence-corrected chi connectivity index (χ1v) is 7.04. The average Bonchev–Trinajstić information content (AvgIpc) is 2.45. The highest BCUT2D eigenvalue weighted by Crippen LogP contribution is 2.22. The van der Waals surface area contributed by atoms with E-state index in [9.17, 15) is 4.79 Å². The minimum absolute atomic E-state index is 0.0801. The number of benzene rings is 1. The minimum Gasteiger partial charge on any atom is -0.339 e. The summed E-state index contributed by atoms with van der Waals surface area (Å²) in [4.78, 5) is 11.2. The van der Waals surface area contributed by atoms with Crippen LogP contribution in [0, 0.1) is 6.92 Å². The van der Waals surface area contributed by atoms with Gasteiger partial charge in [-0.3, -0.25) is 4.79 Å². The van der Waals surface area contributed by atoms with E-state index in [4.69, 9.17) is 0 Å². The van der Waals surface area contributed by atoms with Gasteiger partial charge in [0.1, 0.15) is 0 Å². The minimum atomic E-state index is -0.0801. The highest BCUT2D eigenvalue weighted by atomic mass is 79.9. The lowest BCUT2D eigenvalue weighted by atomic mass is 10.2. The number of amides is 1. The number of aryl methyl sites for hydroxylation is 1. The molecule has 0 aliphatic rings. The molecule has 0 unspecified atom stereocenters. The molecular weight excluding hydrogens is 320 g/mol. The smallest absolute Gasteiger partial charge is 0.225 e. The van der Waals surface area contributed by atoms with E-state index in [1.54, 1.807) is 19.1 Å². The second-order valence-electron chi connectivity index (χ2n) is 4.29. The van der Waals surface area contributed by atoms with E-state index < -0.39 is 0 Å². The molecule has 6 heteroatoms. The molecular formula is C14H15BrN4O. The molecule has 5 nitrogen and oxygen atoms in total. The molecule has 1 aromatic carbocycles. The molecule has 1 aromatic heterocycles. The van der Waals surface area contributed by atoms with Gasteiger partial charge in [0, 0.05) is 16.6 Å². The number of nitrogens with one attached hydrogen (secondary N) is 2. The van der Waals surface area contributed by atoms with Gasteiger partial charge in [0.25, 0.3) is 0 Å². The van der Waals surface area contributed by atoms with E-state index in [2.05, 4.69) is 36.8 Å². The molecule has 0 bridgehead atoms. The number of aromatic nitrogens is 2. The second kappa shape index (κ2) is 6.47. The molecule has 20 heavy (non-hydrogen) atoms. The Balaban J connectivity index is 2.06. The molecule has 0 atom stereocenters. The van der Waals surface area contributed by atoms with Crippen LogP contribution in [0.2, 0.25) is 0 Å². The maximum atomic E-state index is 11.2. The molecule has 1 amide bonds. The number of anilines is 3. The van der Waals surface area contributed by atoms with Crippen molar-refractivity contribution in [1.82, 2.24) is 10.2 Å². The van der Waals surface area contributed by atoms with Crippen molar-refractivity contribution in [3.63, 3.8) is 0 Å². The van der Waals surface area contributed by atoms with E-state index in [-0.39, 0.29) is 5.91 Å². The van der Waals surface area contributed by atoms with Crippen LogP contribution in [0.4, 0.5) is 17.3 Å². The fraction of sp³-hybridized carbons (Fsp3) is 0.214. The van der Waals surface area contributed by atoms with Gasteiger partial charge in [0.15, 0.2) is 11.6 Å². The summed E-state index contributed by atoms with van der Waals surface area (Å²) in [6.07, 6.45) is 0.417. The largest absolute Gasteiger partial charge is 0.339 e. The molecule has 2 aromatic rings. The number of halogens is 1. The number of carbonyl (C=O) groups is 1. The number of hydrogen-bond acceptors (Lipinski definition) is 4. The van der Waals surface area contributed by atoms with Crippen molar-refractivity contribution >= 4 is 39.2 Å². The third-order valence-corrected chi connectivity index (χ3v) is 3.57. The maximum absolute atomic E-state index is 11.2. The first kappa shape index (κ1) is 14.5. The summed E-state index contributed by atoms with van der Waals surface area (Å²) < 4.78 is 1.06. The summed E-state index contributed by atoms with van der Waals surface area (Å²) in [6, 6.07) is 9.43. The summed E-state index contributed by atoms with van der Waals surface area (Å²) in [5.41, 5.74) is 2.07. The second-order valence-corrected chi connectivity index (χ2v) is 5.15. The fourth-order valence-electron chi connectivity index (χ4n) is 1.57. The maximum Gasteiger partial charge on any atom is 0.225 e. The Bertz CT molecular complexity index is 613. The van der Waals surface area contributed by atoms with Crippen LogP contribution in [0.5, 0.6) is 0 Å². The summed E-state index contributed by atoms with van der Waals surface area (Å²) in [7, 11) is 0. The number of hydrogen-bond donors (Lipinski definition) is 2. The predicted molar refractivity (Wildman–Crippen MR) is 83.1 cm³/mol. The fourth-order valence-corrected chi connectivity index (χ4v) is 1.81. The van der Waals surface area contributed by atoms with Crippen molar-refractivity contribution in [2.24, 2.45) is 0 Å². The first-order valence-electron chi connectivity index (χ1n) is 6.25. The van der Waals surface area contributed by atoms with Gasteiger partial charge in [0.05, 0.1) is 0 Å².